The van der Waals surface area contributed by atoms with Crippen molar-refractivity contribution in [1.29, 1.82) is 0 Å². The maximum Gasteiger partial charge on any atom is 0.141 e. The molecule has 0 radical (unpaired) electrons. The first-order chi connectivity index (χ1) is 7.60. The van der Waals surface area contributed by atoms with Gasteiger partial charge in [0.1, 0.15) is 11.5 Å². The highest BCUT2D eigenvalue weighted by molar-refractivity contribution is 6.32. The summed E-state index contributed by atoms with van der Waals surface area (Å²) in [5.41, 5.74) is 6.98. The molecule has 0 atom stereocenters. The van der Waals surface area contributed by atoms with E-state index in [9.17, 15) is 0 Å². The second kappa shape index (κ2) is 4.15. The largest absolute Gasteiger partial charge is 0.496 e. The molecule has 0 bridgehead atoms. The van der Waals surface area contributed by atoms with Crippen LogP contribution in [0.3, 0.4) is 0 Å². The first-order valence-electron chi connectivity index (χ1n) is 5.31. The molecule has 3 nitrogen and oxygen atoms in total. The Kier molecular flexibility index (Phi) is 3.00. The lowest BCUT2D eigenvalue weighted by atomic mass is 9.72. The molecular formula is C12H16ClNO2. The molecule has 1 aromatic carbocycles. The summed E-state index contributed by atoms with van der Waals surface area (Å²) in [7, 11) is 3.22. The van der Waals surface area contributed by atoms with Crippen LogP contribution in [0.15, 0.2) is 12.1 Å². The number of benzene rings is 1. The predicted molar refractivity (Wildman–Crippen MR) is 64.3 cm³/mol. The number of hydrogen-bond acceptors (Lipinski definition) is 3. The van der Waals surface area contributed by atoms with Crippen molar-refractivity contribution in [3.63, 3.8) is 0 Å². The third-order valence-electron chi connectivity index (χ3n) is 3.26. The maximum absolute atomic E-state index is 6.28. The van der Waals surface area contributed by atoms with Gasteiger partial charge in [-0.1, -0.05) is 11.6 Å². The standard InChI is InChI=1S/C12H16ClNO2/c1-15-10-7-11(16-2)9(13)6-8(10)12(14)4-3-5-12/h6-7H,3-5,14H2,1-2H3. The Morgan fingerprint density at radius 2 is 1.81 bits per heavy atom. The van der Waals surface area contributed by atoms with Crippen LogP contribution in [0.4, 0.5) is 0 Å². The van der Waals surface area contributed by atoms with Gasteiger partial charge in [-0.2, -0.15) is 0 Å². The lowest BCUT2D eigenvalue weighted by molar-refractivity contribution is 0.243. The van der Waals surface area contributed by atoms with Gasteiger partial charge in [-0.05, 0) is 25.3 Å². The molecule has 0 saturated heterocycles. The van der Waals surface area contributed by atoms with Crippen molar-refractivity contribution in [3.05, 3.63) is 22.7 Å². The van der Waals surface area contributed by atoms with Crippen LogP contribution >= 0.6 is 11.6 Å². The molecule has 1 aliphatic rings. The second-order valence-electron chi connectivity index (χ2n) is 4.20. The minimum atomic E-state index is -0.277. The Morgan fingerprint density at radius 1 is 1.19 bits per heavy atom. The van der Waals surface area contributed by atoms with Crippen molar-refractivity contribution in [2.75, 3.05) is 14.2 Å². The van der Waals surface area contributed by atoms with Gasteiger partial charge in [0.15, 0.2) is 0 Å². The van der Waals surface area contributed by atoms with E-state index in [1.54, 1.807) is 20.3 Å². The van der Waals surface area contributed by atoms with Crippen LogP contribution in [-0.4, -0.2) is 14.2 Å². The number of hydrogen-bond donors (Lipinski definition) is 1. The average Bonchev–Trinajstić information content (AvgIpc) is 2.25. The molecular weight excluding hydrogens is 226 g/mol. The zero-order chi connectivity index (χ0) is 11.8. The molecule has 2 rings (SSSR count). The van der Waals surface area contributed by atoms with E-state index in [0.29, 0.717) is 10.8 Å². The van der Waals surface area contributed by atoms with E-state index >= 15 is 0 Å². The molecule has 0 unspecified atom stereocenters. The Labute approximate surface area is 100 Å². The number of ether oxygens (including phenoxy) is 2. The van der Waals surface area contributed by atoms with Gasteiger partial charge in [-0.25, -0.2) is 0 Å². The summed E-state index contributed by atoms with van der Waals surface area (Å²) >= 11 is 6.11. The van der Waals surface area contributed by atoms with Crippen LogP contribution in [0.25, 0.3) is 0 Å². The van der Waals surface area contributed by atoms with Gasteiger partial charge in [0.05, 0.1) is 19.2 Å². The number of rotatable bonds is 3. The summed E-state index contributed by atoms with van der Waals surface area (Å²) < 4.78 is 10.5. The zero-order valence-electron chi connectivity index (χ0n) is 9.55. The fraction of sp³-hybridized carbons (Fsp3) is 0.500. The number of nitrogens with two attached hydrogens (primary N) is 1. The van der Waals surface area contributed by atoms with E-state index in [4.69, 9.17) is 26.8 Å². The third-order valence-corrected chi connectivity index (χ3v) is 3.55. The highest BCUT2D eigenvalue weighted by Gasteiger charge is 2.37. The summed E-state index contributed by atoms with van der Waals surface area (Å²) in [6.45, 7) is 0. The minimum Gasteiger partial charge on any atom is -0.496 e. The van der Waals surface area contributed by atoms with Gasteiger partial charge in [0.25, 0.3) is 0 Å². The Hall–Kier alpha value is -0.930. The number of halogens is 1. The molecule has 1 aliphatic carbocycles. The highest BCUT2D eigenvalue weighted by atomic mass is 35.5. The first kappa shape index (κ1) is 11.6. The van der Waals surface area contributed by atoms with Crippen molar-refractivity contribution in [1.82, 2.24) is 0 Å². The van der Waals surface area contributed by atoms with Gasteiger partial charge in [0.2, 0.25) is 0 Å². The van der Waals surface area contributed by atoms with E-state index in [0.717, 1.165) is 30.6 Å². The Balaban J connectivity index is 2.48. The molecule has 1 saturated carbocycles. The summed E-state index contributed by atoms with van der Waals surface area (Å²) in [6.07, 6.45) is 3.11. The van der Waals surface area contributed by atoms with E-state index < -0.39 is 0 Å². The normalized spacial score (nSPS) is 17.8. The third kappa shape index (κ3) is 1.74. The Morgan fingerprint density at radius 3 is 2.25 bits per heavy atom. The van der Waals surface area contributed by atoms with Crippen LogP contribution in [0, 0.1) is 0 Å². The van der Waals surface area contributed by atoms with Crippen molar-refractivity contribution >= 4 is 11.6 Å². The van der Waals surface area contributed by atoms with E-state index in [-0.39, 0.29) is 5.54 Å². The molecule has 0 aliphatic heterocycles. The van der Waals surface area contributed by atoms with Crippen LogP contribution < -0.4 is 15.2 Å². The minimum absolute atomic E-state index is 0.277. The molecule has 16 heavy (non-hydrogen) atoms. The highest BCUT2D eigenvalue weighted by Crippen LogP contribution is 2.45. The van der Waals surface area contributed by atoms with Crippen molar-refractivity contribution in [3.8, 4) is 11.5 Å². The van der Waals surface area contributed by atoms with Crippen molar-refractivity contribution in [2.24, 2.45) is 5.73 Å². The van der Waals surface area contributed by atoms with Gasteiger partial charge >= 0.3 is 0 Å². The lowest BCUT2D eigenvalue weighted by Crippen LogP contribution is -2.43. The van der Waals surface area contributed by atoms with Gasteiger partial charge in [0, 0.05) is 17.2 Å². The Bertz CT molecular complexity index is 402. The predicted octanol–water partition coefficient (Wildman–Crippen LogP) is 2.70. The summed E-state index contributed by atoms with van der Waals surface area (Å²) in [5, 5.41) is 0.579. The van der Waals surface area contributed by atoms with Gasteiger partial charge in [-0.15, -0.1) is 0 Å². The molecule has 0 spiro atoms. The summed E-state index contributed by atoms with van der Waals surface area (Å²) in [5.74, 6) is 1.37. The van der Waals surface area contributed by atoms with Crippen molar-refractivity contribution in [2.45, 2.75) is 24.8 Å². The second-order valence-corrected chi connectivity index (χ2v) is 4.60. The van der Waals surface area contributed by atoms with Crippen LogP contribution in [0.5, 0.6) is 11.5 Å². The maximum atomic E-state index is 6.28. The monoisotopic (exact) mass is 241 g/mol. The molecule has 0 amide bonds. The molecule has 1 aromatic rings. The lowest BCUT2D eigenvalue weighted by Gasteiger charge is -2.39. The van der Waals surface area contributed by atoms with Gasteiger partial charge in [-0.3, -0.25) is 0 Å². The summed E-state index contributed by atoms with van der Waals surface area (Å²) in [4.78, 5) is 0. The van der Waals surface area contributed by atoms with Gasteiger partial charge < -0.3 is 15.2 Å². The molecule has 88 valence electrons. The van der Waals surface area contributed by atoms with Crippen molar-refractivity contribution < 1.29 is 9.47 Å². The molecule has 2 N–H and O–H groups in total. The molecule has 1 fully saturated rings. The van der Waals surface area contributed by atoms with E-state index in [2.05, 4.69) is 0 Å². The molecule has 0 aromatic heterocycles. The SMILES string of the molecule is COc1cc(OC)c(C2(N)CCC2)cc1Cl. The average molecular weight is 242 g/mol. The topological polar surface area (TPSA) is 44.5 Å². The summed E-state index contributed by atoms with van der Waals surface area (Å²) in [6, 6.07) is 3.66. The van der Waals surface area contributed by atoms with E-state index in [1.165, 1.54) is 0 Å². The molecule has 4 heteroatoms. The first-order valence-corrected chi connectivity index (χ1v) is 5.69. The fourth-order valence-corrected chi connectivity index (χ4v) is 2.32. The van der Waals surface area contributed by atoms with E-state index in [1.807, 2.05) is 6.07 Å². The molecule has 0 heterocycles. The van der Waals surface area contributed by atoms with Crippen LogP contribution in [0.2, 0.25) is 5.02 Å². The van der Waals surface area contributed by atoms with Crippen LogP contribution in [0.1, 0.15) is 24.8 Å². The fourth-order valence-electron chi connectivity index (χ4n) is 2.08. The zero-order valence-corrected chi connectivity index (χ0v) is 10.3. The number of methoxy groups -OCH3 is 2. The smallest absolute Gasteiger partial charge is 0.141 e. The van der Waals surface area contributed by atoms with Crippen LogP contribution in [-0.2, 0) is 5.54 Å². The quantitative estimate of drug-likeness (QED) is 0.885.